The summed E-state index contributed by atoms with van der Waals surface area (Å²) in [6, 6.07) is 7.01. The molecule has 2 aromatic rings. The van der Waals surface area contributed by atoms with Crippen LogP contribution in [0.2, 0.25) is 10.0 Å². The van der Waals surface area contributed by atoms with Gasteiger partial charge in [0.1, 0.15) is 5.82 Å². The summed E-state index contributed by atoms with van der Waals surface area (Å²) in [5.41, 5.74) is 0.649. The number of halogens is 2. The molecule has 0 unspecified atom stereocenters. The van der Waals surface area contributed by atoms with Crippen LogP contribution >= 0.6 is 23.2 Å². The zero-order valence-corrected chi connectivity index (χ0v) is 15.8. The number of nitrogens with zero attached hydrogens (tertiary/aromatic N) is 3. The first-order chi connectivity index (χ1) is 12.6. The lowest BCUT2D eigenvalue weighted by Crippen LogP contribution is -2.57. The number of amides is 2. The van der Waals surface area contributed by atoms with E-state index >= 15 is 0 Å². The van der Waals surface area contributed by atoms with Crippen molar-refractivity contribution >= 4 is 35.1 Å². The number of carbonyl (C=O) groups is 1. The van der Waals surface area contributed by atoms with Gasteiger partial charge >= 0.3 is 6.03 Å². The van der Waals surface area contributed by atoms with E-state index in [2.05, 4.69) is 10.4 Å². The fourth-order valence-corrected chi connectivity index (χ4v) is 4.00. The molecular formula is C18H20Cl2N4O2. The lowest BCUT2D eigenvalue weighted by molar-refractivity contribution is -0.140. The van der Waals surface area contributed by atoms with Gasteiger partial charge in [0.05, 0.1) is 31.5 Å². The van der Waals surface area contributed by atoms with Gasteiger partial charge in [-0.2, -0.15) is 5.10 Å². The summed E-state index contributed by atoms with van der Waals surface area (Å²) in [4.78, 5) is 14.5. The van der Waals surface area contributed by atoms with Crippen LogP contribution in [0.1, 0.15) is 24.8 Å². The summed E-state index contributed by atoms with van der Waals surface area (Å²) in [6.07, 6.45) is 4.87. The molecule has 0 bridgehead atoms. The van der Waals surface area contributed by atoms with E-state index in [9.17, 15) is 4.79 Å². The monoisotopic (exact) mass is 394 g/mol. The van der Waals surface area contributed by atoms with Gasteiger partial charge in [0, 0.05) is 28.2 Å². The highest BCUT2D eigenvalue weighted by molar-refractivity contribution is 6.35. The number of nitrogens with one attached hydrogen (secondary N) is 1. The van der Waals surface area contributed by atoms with E-state index in [0.717, 1.165) is 18.4 Å². The molecule has 26 heavy (non-hydrogen) atoms. The third-order valence-corrected chi connectivity index (χ3v) is 5.83. The highest BCUT2D eigenvalue weighted by Crippen LogP contribution is 2.38. The van der Waals surface area contributed by atoms with Gasteiger partial charge in [-0.3, -0.25) is 5.32 Å². The summed E-state index contributed by atoms with van der Waals surface area (Å²) in [6.45, 7) is 2.21. The Kier molecular flexibility index (Phi) is 4.82. The minimum absolute atomic E-state index is 0.124. The lowest BCUT2D eigenvalue weighted by Gasteiger charge is -2.48. The second-order valence-corrected chi connectivity index (χ2v) is 7.63. The Balaban J connectivity index is 1.46. The van der Waals surface area contributed by atoms with Gasteiger partial charge < -0.3 is 9.64 Å². The third-order valence-electron chi connectivity index (χ3n) is 5.12. The molecule has 1 aliphatic carbocycles. The summed E-state index contributed by atoms with van der Waals surface area (Å²) >= 11 is 12.5. The third kappa shape index (κ3) is 3.41. The molecule has 1 aliphatic heterocycles. The molecule has 1 aromatic carbocycles. The number of carbonyl (C=O) groups excluding carboxylic acids is 1. The number of aromatic nitrogens is 2. The fourth-order valence-electron chi connectivity index (χ4n) is 3.48. The molecule has 0 radical (unpaired) electrons. The predicted octanol–water partition coefficient (Wildman–Crippen LogP) is 4.03. The fraction of sp³-hybridized carbons (Fsp3) is 0.444. The van der Waals surface area contributed by atoms with Crippen molar-refractivity contribution in [2.75, 3.05) is 25.0 Å². The lowest BCUT2D eigenvalue weighted by atomic mass is 9.79. The topological polar surface area (TPSA) is 59.4 Å². The molecule has 6 nitrogen and oxygen atoms in total. The van der Waals surface area contributed by atoms with Gasteiger partial charge in [0.15, 0.2) is 0 Å². The van der Waals surface area contributed by atoms with E-state index in [1.54, 1.807) is 35.1 Å². The number of benzene rings is 1. The molecule has 2 heterocycles. The Labute approximate surface area is 162 Å². The van der Waals surface area contributed by atoms with Crippen LogP contribution in [0.3, 0.4) is 0 Å². The zero-order chi connectivity index (χ0) is 18.1. The molecular weight excluding hydrogens is 375 g/mol. The molecule has 2 amide bonds. The van der Waals surface area contributed by atoms with E-state index < -0.39 is 0 Å². The highest BCUT2D eigenvalue weighted by atomic mass is 35.5. The Morgan fingerprint density at radius 3 is 2.73 bits per heavy atom. The van der Waals surface area contributed by atoms with Crippen LogP contribution in [0.4, 0.5) is 10.6 Å². The first-order valence-electron chi connectivity index (χ1n) is 8.71. The SMILES string of the molecule is O=C(Nc1ccnn1Cc1c(Cl)cccc1Cl)N1CCOC2(CCC2)C1. The molecule has 1 saturated carbocycles. The standard InChI is InChI=1S/C18H20Cl2N4O2/c19-14-3-1-4-15(20)13(14)11-24-16(5-8-21-24)22-17(25)23-9-10-26-18(12-23)6-2-7-18/h1,3-5,8H,2,6-7,9-12H2,(H,22,25). The van der Waals surface area contributed by atoms with Gasteiger partial charge in [-0.15, -0.1) is 0 Å². The van der Waals surface area contributed by atoms with Crippen molar-refractivity contribution in [3.8, 4) is 0 Å². The molecule has 2 aliphatic rings. The predicted molar refractivity (Wildman–Crippen MR) is 101 cm³/mol. The van der Waals surface area contributed by atoms with Crippen molar-refractivity contribution in [2.24, 2.45) is 0 Å². The van der Waals surface area contributed by atoms with Crippen molar-refractivity contribution < 1.29 is 9.53 Å². The average molecular weight is 395 g/mol. The molecule has 1 N–H and O–H groups in total. The quantitative estimate of drug-likeness (QED) is 0.854. The van der Waals surface area contributed by atoms with E-state index in [0.29, 0.717) is 42.1 Å². The van der Waals surface area contributed by atoms with Crippen LogP contribution in [0, 0.1) is 0 Å². The van der Waals surface area contributed by atoms with Crippen molar-refractivity contribution in [3.05, 3.63) is 46.1 Å². The number of urea groups is 1. The smallest absolute Gasteiger partial charge is 0.323 e. The number of hydrogen-bond acceptors (Lipinski definition) is 3. The van der Waals surface area contributed by atoms with Crippen molar-refractivity contribution in [1.29, 1.82) is 0 Å². The van der Waals surface area contributed by atoms with Crippen LogP contribution in [-0.4, -0.2) is 46.0 Å². The molecule has 8 heteroatoms. The van der Waals surface area contributed by atoms with Crippen LogP contribution in [-0.2, 0) is 11.3 Å². The largest absolute Gasteiger partial charge is 0.371 e. The van der Waals surface area contributed by atoms with Crippen molar-refractivity contribution in [1.82, 2.24) is 14.7 Å². The Bertz CT molecular complexity index is 799. The number of anilines is 1. The molecule has 1 spiro atoms. The van der Waals surface area contributed by atoms with Crippen molar-refractivity contribution in [3.63, 3.8) is 0 Å². The molecule has 0 atom stereocenters. The Morgan fingerprint density at radius 1 is 1.27 bits per heavy atom. The minimum Gasteiger partial charge on any atom is -0.371 e. The van der Waals surface area contributed by atoms with Crippen molar-refractivity contribution in [2.45, 2.75) is 31.4 Å². The minimum atomic E-state index is -0.133. The average Bonchev–Trinajstić information content (AvgIpc) is 3.04. The van der Waals surface area contributed by atoms with E-state index in [1.807, 2.05) is 4.90 Å². The van der Waals surface area contributed by atoms with Crippen LogP contribution in [0.5, 0.6) is 0 Å². The zero-order valence-electron chi connectivity index (χ0n) is 14.3. The van der Waals surface area contributed by atoms with Crippen LogP contribution in [0.25, 0.3) is 0 Å². The summed E-state index contributed by atoms with van der Waals surface area (Å²) in [5, 5.41) is 8.39. The second-order valence-electron chi connectivity index (χ2n) is 6.81. The summed E-state index contributed by atoms with van der Waals surface area (Å²) in [5.74, 6) is 0.611. The highest BCUT2D eigenvalue weighted by Gasteiger charge is 2.43. The number of rotatable bonds is 3. The maximum Gasteiger partial charge on any atom is 0.323 e. The number of morpholine rings is 1. The van der Waals surface area contributed by atoms with E-state index in [-0.39, 0.29) is 11.6 Å². The van der Waals surface area contributed by atoms with Gasteiger partial charge in [0.25, 0.3) is 0 Å². The number of ether oxygens (including phenoxy) is 1. The van der Waals surface area contributed by atoms with Gasteiger partial charge in [-0.05, 0) is 31.4 Å². The van der Waals surface area contributed by atoms with E-state index in [1.165, 1.54) is 6.42 Å². The Morgan fingerprint density at radius 2 is 2.04 bits per heavy atom. The second kappa shape index (κ2) is 7.10. The van der Waals surface area contributed by atoms with Crippen LogP contribution < -0.4 is 5.32 Å². The van der Waals surface area contributed by atoms with Gasteiger partial charge in [0.2, 0.25) is 0 Å². The van der Waals surface area contributed by atoms with Gasteiger partial charge in [-0.1, -0.05) is 29.3 Å². The first kappa shape index (κ1) is 17.6. The Hall–Kier alpha value is -1.76. The van der Waals surface area contributed by atoms with E-state index in [4.69, 9.17) is 27.9 Å². The maximum atomic E-state index is 12.7. The molecule has 1 saturated heterocycles. The molecule has 4 rings (SSSR count). The maximum absolute atomic E-state index is 12.7. The molecule has 138 valence electrons. The molecule has 2 fully saturated rings. The molecule has 1 aromatic heterocycles. The van der Waals surface area contributed by atoms with Crippen LogP contribution in [0.15, 0.2) is 30.5 Å². The first-order valence-corrected chi connectivity index (χ1v) is 9.47. The summed E-state index contributed by atoms with van der Waals surface area (Å²) < 4.78 is 7.56. The van der Waals surface area contributed by atoms with Gasteiger partial charge in [-0.25, -0.2) is 9.48 Å². The summed E-state index contributed by atoms with van der Waals surface area (Å²) in [7, 11) is 0. The number of hydrogen-bond donors (Lipinski definition) is 1. The normalized spacial score (nSPS) is 18.6.